The first-order valence-electron chi connectivity index (χ1n) is 8.68. The molecule has 2 heterocycles. The van der Waals surface area contributed by atoms with Crippen molar-refractivity contribution in [1.82, 2.24) is 9.80 Å². The second-order valence-corrected chi connectivity index (χ2v) is 6.78. The SMILES string of the molecule is CC(=O)N1CCN(C(=O)C2CC(=O)N(c3ccc(C(F)(F)F)cc3)C2)CC1. The lowest BCUT2D eigenvalue weighted by Gasteiger charge is -2.35. The molecular formula is C18H20F3N3O3. The van der Waals surface area contributed by atoms with Gasteiger partial charge in [-0.15, -0.1) is 0 Å². The molecule has 1 aromatic carbocycles. The largest absolute Gasteiger partial charge is 0.416 e. The van der Waals surface area contributed by atoms with E-state index in [4.69, 9.17) is 0 Å². The normalized spacial score (nSPS) is 21.0. The van der Waals surface area contributed by atoms with Gasteiger partial charge < -0.3 is 14.7 Å². The summed E-state index contributed by atoms with van der Waals surface area (Å²) in [7, 11) is 0. The Morgan fingerprint density at radius 3 is 2.07 bits per heavy atom. The Kier molecular flexibility index (Phi) is 5.12. The highest BCUT2D eigenvalue weighted by Crippen LogP contribution is 2.32. The predicted octanol–water partition coefficient (Wildman–Crippen LogP) is 1.75. The molecule has 2 fully saturated rings. The van der Waals surface area contributed by atoms with Crippen LogP contribution in [0.3, 0.4) is 0 Å². The lowest BCUT2D eigenvalue weighted by Crippen LogP contribution is -2.51. The van der Waals surface area contributed by atoms with Crippen molar-refractivity contribution in [1.29, 1.82) is 0 Å². The van der Waals surface area contributed by atoms with Gasteiger partial charge in [0.25, 0.3) is 0 Å². The van der Waals surface area contributed by atoms with Gasteiger partial charge in [0, 0.05) is 51.8 Å². The molecule has 3 amide bonds. The predicted molar refractivity (Wildman–Crippen MR) is 90.7 cm³/mol. The molecule has 6 nitrogen and oxygen atoms in total. The molecule has 1 aromatic rings. The number of rotatable bonds is 2. The van der Waals surface area contributed by atoms with Gasteiger partial charge in [-0.05, 0) is 24.3 Å². The lowest BCUT2D eigenvalue weighted by atomic mass is 10.1. The maximum Gasteiger partial charge on any atom is 0.416 e. The monoisotopic (exact) mass is 383 g/mol. The summed E-state index contributed by atoms with van der Waals surface area (Å²) in [5, 5.41) is 0. The van der Waals surface area contributed by atoms with Gasteiger partial charge in [0.15, 0.2) is 0 Å². The molecule has 27 heavy (non-hydrogen) atoms. The standard InChI is InChI=1S/C18H20F3N3O3/c1-12(25)22-6-8-23(9-7-22)17(27)13-10-16(26)24(11-13)15-4-2-14(3-5-15)18(19,20)21/h2-5,13H,6-11H2,1H3. The number of carbonyl (C=O) groups is 3. The van der Waals surface area contributed by atoms with Crippen molar-refractivity contribution in [3.05, 3.63) is 29.8 Å². The zero-order valence-corrected chi connectivity index (χ0v) is 14.8. The second kappa shape index (κ2) is 7.21. The third kappa shape index (κ3) is 4.06. The minimum atomic E-state index is -4.44. The summed E-state index contributed by atoms with van der Waals surface area (Å²) in [6.07, 6.45) is -4.40. The summed E-state index contributed by atoms with van der Waals surface area (Å²) in [5.74, 6) is -0.994. The first-order valence-corrected chi connectivity index (χ1v) is 8.68. The summed E-state index contributed by atoms with van der Waals surface area (Å²) in [4.78, 5) is 41.0. The van der Waals surface area contributed by atoms with E-state index in [2.05, 4.69) is 0 Å². The molecule has 0 spiro atoms. The van der Waals surface area contributed by atoms with Crippen molar-refractivity contribution in [2.75, 3.05) is 37.6 Å². The molecule has 1 unspecified atom stereocenters. The van der Waals surface area contributed by atoms with Crippen LogP contribution in [0.2, 0.25) is 0 Å². The summed E-state index contributed by atoms with van der Waals surface area (Å²) in [6.45, 7) is 3.40. The molecule has 0 N–H and O–H groups in total. The van der Waals surface area contributed by atoms with Crippen molar-refractivity contribution < 1.29 is 27.6 Å². The number of piperazine rings is 1. The van der Waals surface area contributed by atoms with Gasteiger partial charge in [-0.1, -0.05) is 0 Å². The minimum Gasteiger partial charge on any atom is -0.339 e. The smallest absolute Gasteiger partial charge is 0.339 e. The quantitative estimate of drug-likeness (QED) is 0.782. The summed E-state index contributed by atoms with van der Waals surface area (Å²) < 4.78 is 38.0. The Bertz CT molecular complexity index is 740. The molecule has 0 aromatic heterocycles. The van der Waals surface area contributed by atoms with Crippen LogP contribution in [-0.4, -0.2) is 60.2 Å². The zero-order chi connectivity index (χ0) is 19.8. The number of amides is 3. The molecule has 2 aliphatic heterocycles. The maximum absolute atomic E-state index is 12.7. The van der Waals surface area contributed by atoms with E-state index in [0.717, 1.165) is 12.1 Å². The fourth-order valence-electron chi connectivity index (χ4n) is 3.45. The van der Waals surface area contributed by atoms with Crippen LogP contribution in [0, 0.1) is 5.92 Å². The van der Waals surface area contributed by atoms with E-state index in [9.17, 15) is 27.6 Å². The van der Waals surface area contributed by atoms with Crippen LogP contribution >= 0.6 is 0 Å². The van der Waals surface area contributed by atoms with Gasteiger partial charge in [-0.25, -0.2) is 0 Å². The summed E-state index contributed by atoms with van der Waals surface area (Å²) in [6, 6.07) is 4.36. The topological polar surface area (TPSA) is 60.9 Å². The van der Waals surface area contributed by atoms with Crippen LogP contribution in [-0.2, 0) is 20.6 Å². The number of hydrogen-bond donors (Lipinski definition) is 0. The maximum atomic E-state index is 12.7. The fraction of sp³-hybridized carbons (Fsp3) is 0.500. The minimum absolute atomic E-state index is 0.0345. The number of hydrogen-bond acceptors (Lipinski definition) is 3. The van der Waals surface area contributed by atoms with E-state index in [1.807, 2.05) is 0 Å². The Morgan fingerprint density at radius 2 is 1.56 bits per heavy atom. The zero-order valence-electron chi connectivity index (χ0n) is 14.8. The van der Waals surface area contributed by atoms with Crippen LogP contribution in [0.5, 0.6) is 0 Å². The Morgan fingerprint density at radius 1 is 1.00 bits per heavy atom. The second-order valence-electron chi connectivity index (χ2n) is 6.78. The molecule has 2 saturated heterocycles. The summed E-state index contributed by atoms with van der Waals surface area (Å²) in [5.41, 5.74) is -0.432. The van der Waals surface area contributed by atoms with Crippen molar-refractivity contribution >= 4 is 23.4 Å². The van der Waals surface area contributed by atoms with Gasteiger partial charge in [0.05, 0.1) is 11.5 Å². The highest BCUT2D eigenvalue weighted by molar-refractivity contribution is 6.00. The van der Waals surface area contributed by atoms with Crippen molar-refractivity contribution in [2.45, 2.75) is 19.5 Å². The highest BCUT2D eigenvalue weighted by atomic mass is 19.4. The number of alkyl halides is 3. The first-order chi connectivity index (χ1) is 12.7. The van der Waals surface area contributed by atoms with Gasteiger partial charge in [-0.3, -0.25) is 14.4 Å². The third-order valence-corrected chi connectivity index (χ3v) is 5.02. The molecule has 2 aliphatic rings. The van der Waals surface area contributed by atoms with Crippen LogP contribution in [0.4, 0.5) is 18.9 Å². The van der Waals surface area contributed by atoms with Crippen molar-refractivity contribution in [3.63, 3.8) is 0 Å². The highest BCUT2D eigenvalue weighted by Gasteiger charge is 2.38. The molecular weight excluding hydrogens is 363 g/mol. The van der Waals surface area contributed by atoms with E-state index in [-0.39, 0.29) is 30.7 Å². The molecule has 146 valence electrons. The van der Waals surface area contributed by atoms with Crippen molar-refractivity contribution in [3.8, 4) is 0 Å². The Labute approximate surface area is 154 Å². The average molecular weight is 383 g/mol. The molecule has 0 bridgehead atoms. The van der Waals surface area contributed by atoms with Crippen LogP contribution in [0.25, 0.3) is 0 Å². The fourth-order valence-corrected chi connectivity index (χ4v) is 3.45. The van der Waals surface area contributed by atoms with Crippen LogP contribution in [0.15, 0.2) is 24.3 Å². The van der Waals surface area contributed by atoms with Gasteiger partial charge in [0.2, 0.25) is 17.7 Å². The van der Waals surface area contributed by atoms with Gasteiger partial charge in [0.1, 0.15) is 0 Å². The van der Waals surface area contributed by atoms with E-state index < -0.39 is 17.7 Å². The lowest BCUT2D eigenvalue weighted by molar-refractivity contribution is -0.141. The van der Waals surface area contributed by atoms with Gasteiger partial charge >= 0.3 is 6.18 Å². The van der Waals surface area contributed by atoms with Crippen LogP contribution < -0.4 is 4.90 Å². The molecule has 9 heteroatoms. The number of benzene rings is 1. The van der Waals surface area contributed by atoms with Crippen LogP contribution in [0.1, 0.15) is 18.9 Å². The average Bonchev–Trinajstić information content (AvgIpc) is 3.02. The Balaban J connectivity index is 1.63. The molecule has 3 rings (SSSR count). The molecule has 1 atom stereocenters. The van der Waals surface area contributed by atoms with E-state index in [1.54, 1.807) is 9.80 Å². The van der Waals surface area contributed by atoms with E-state index in [1.165, 1.54) is 24.0 Å². The summed E-state index contributed by atoms with van der Waals surface area (Å²) >= 11 is 0. The van der Waals surface area contributed by atoms with E-state index >= 15 is 0 Å². The molecule has 0 saturated carbocycles. The van der Waals surface area contributed by atoms with E-state index in [0.29, 0.717) is 31.9 Å². The number of anilines is 1. The third-order valence-electron chi connectivity index (χ3n) is 5.02. The molecule has 0 aliphatic carbocycles. The Hall–Kier alpha value is -2.58. The number of nitrogens with zero attached hydrogens (tertiary/aromatic N) is 3. The molecule has 0 radical (unpaired) electrons. The van der Waals surface area contributed by atoms with Crippen molar-refractivity contribution in [2.24, 2.45) is 5.92 Å². The van der Waals surface area contributed by atoms with Gasteiger partial charge in [-0.2, -0.15) is 13.2 Å². The number of carbonyl (C=O) groups excluding carboxylic acids is 3. The first kappa shape index (κ1) is 19.2. The number of halogens is 3.